The molecule has 0 aliphatic carbocycles. The van der Waals surface area contributed by atoms with Gasteiger partial charge in [0.2, 0.25) is 11.7 Å². The van der Waals surface area contributed by atoms with Crippen molar-refractivity contribution in [2.75, 3.05) is 12.3 Å². The SMILES string of the molecule is CCN(Cc1cccs1)C(=O)CSc1nnc(-c2ccco2)n1Cc1ccccc1. The number of hydrogen-bond acceptors (Lipinski definition) is 6. The average Bonchev–Trinajstić information content (AvgIpc) is 3.53. The maximum absolute atomic E-state index is 12.8. The Morgan fingerprint density at radius 1 is 1.13 bits per heavy atom. The van der Waals surface area contributed by atoms with Crippen LogP contribution >= 0.6 is 23.1 Å². The normalized spacial score (nSPS) is 11.0. The summed E-state index contributed by atoms with van der Waals surface area (Å²) in [6.07, 6.45) is 1.62. The van der Waals surface area contributed by atoms with E-state index in [1.807, 2.05) is 58.2 Å². The number of hydrogen-bond donors (Lipinski definition) is 0. The van der Waals surface area contributed by atoms with Gasteiger partial charge in [-0.1, -0.05) is 48.2 Å². The lowest BCUT2D eigenvalue weighted by Gasteiger charge is -2.20. The molecule has 0 bridgehead atoms. The number of furan rings is 1. The van der Waals surface area contributed by atoms with Crippen LogP contribution in [0, 0.1) is 0 Å². The zero-order chi connectivity index (χ0) is 20.8. The number of rotatable bonds is 9. The molecule has 0 spiro atoms. The van der Waals surface area contributed by atoms with Crippen molar-refractivity contribution >= 4 is 29.0 Å². The van der Waals surface area contributed by atoms with Crippen molar-refractivity contribution in [3.8, 4) is 11.6 Å². The van der Waals surface area contributed by atoms with Crippen molar-refractivity contribution < 1.29 is 9.21 Å². The number of nitrogens with zero attached hydrogens (tertiary/aromatic N) is 4. The average molecular weight is 439 g/mol. The molecule has 30 heavy (non-hydrogen) atoms. The van der Waals surface area contributed by atoms with Gasteiger partial charge >= 0.3 is 0 Å². The molecule has 0 saturated heterocycles. The van der Waals surface area contributed by atoms with Crippen LogP contribution in [0.3, 0.4) is 0 Å². The zero-order valence-corrected chi connectivity index (χ0v) is 18.2. The van der Waals surface area contributed by atoms with Crippen molar-refractivity contribution in [3.05, 3.63) is 76.7 Å². The van der Waals surface area contributed by atoms with Gasteiger partial charge in [-0.2, -0.15) is 0 Å². The van der Waals surface area contributed by atoms with Crippen LogP contribution in [0.25, 0.3) is 11.6 Å². The van der Waals surface area contributed by atoms with Crippen molar-refractivity contribution in [1.29, 1.82) is 0 Å². The number of thiophene rings is 1. The summed E-state index contributed by atoms with van der Waals surface area (Å²) in [4.78, 5) is 15.9. The molecule has 154 valence electrons. The molecular weight excluding hydrogens is 416 g/mol. The van der Waals surface area contributed by atoms with Crippen LogP contribution in [0.15, 0.2) is 75.8 Å². The first-order valence-corrected chi connectivity index (χ1v) is 11.5. The molecule has 0 N–H and O–H groups in total. The predicted molar refractivity (Wildman–Crippen MR) is 119 cm³/mol. The third-order valence-electron chi connectivity index (χ3n) is 4.63. The van der Waals surface area contributed by atoms with Crippen LogP contribution in [-0.4, -0.2) is 37.9 Å². The van der Waals surface area contributed by atoms with E-state index >= 15 is 0 Å². The molecule has 0 atom stereocenters. The highest BCUT2D eigenvalue weighted by Gasteiger charge is 2.19. The van der Waals surface area contributed by atoms with E-state index in [9.17, 15) is 4.79 Å². The molecule has 0 fully saturated rings. The van der Waals surface area contributed by atoms with Crippen LogP contribution < -0.4 is 0 Å². The minimum atomic E-state index is 0.0877. The summed E-state index contributed by atoms with van der Waals surface area (Å²) in [6, 6.07) is 17.9. The van der Waals surface area contributed by atoms with Crippen molar-refractivity contribution in [2.24, 2.45) is 0 Å². The minimum Gasteiger partial charge on any atom is -0.461 e. The van der Waals surface area contributed by atoms with Crippen molar-refractivity contribution in [2.45, 2.75) is 25.2 Å². The highest BCUT2D eigenvalue weighted by Crippen LogP contribution is 2.26. The summed E-state index contributed by atoms with van der Waals surface area (Å²) in [5, 5.41) is 11.4. The van der Waals surface area contributed by atoms with Gasteiger partial charge in [0.25, 0.3) is 0 Å². The van der Waals surface area contributed by atoms with Gasteiger partial charge in [-0.05, 0) is 36.1 Å². The third kappa shape index (κ3) is 4.83. The number of carbonyl (C=O) groups excluding carboxylic acids is 1. The van der Waals surface area contributed by atoms with Crippen molar-refractivity contribution in [1.82, 2.24) is 19.7 Å². The Bertz CT molecular complexity index is 1060. The third-order valence-corrected chi connectivity index (χ3v) is 6.44. The Morgan fingerprint density at radius 2 is 2.00 bits per heavy atom. The standard InChI is InChI=1S/C22H22N4O2S2/c1-2-25(15-18-10-7-13-29-18)20(27)16-30-22-24-23-21(19-11-6-12-28-19)26(22)14-17-8-4-3-5-9-17/h3-13H,2,14-16H2,1H3. The molecule has 0 aliphatic heterocycles. The lowest BCUT2D eigenvalue weighted by atomic mass is 10.2. The maximum atomic E-state index is 12.8. The second-order valence-electron chi connectivity index (χ2n) is 6.63. The number of carbonyl (C=O) groups is 1. The first kappa shape index (κ1) is 20.4. The molecule has 0 aliphatic rings. The smallest absolute Gasteiger partial charge is 0.233 e. The summed E-state index contributed by atoms with van der Waals surface area (Å²) < 4.78 is 7.55. The molecule has 0 saturated carbocycles. The van der Waals surface area contributed by atoms with Gasteiger partial charge < -0.3 is 9.32 Å². The first-order valence-electron chi connectivity index (χ1n) is 9.68. The molecule has 4 aromatic rings. The Hall–Kier alpha value is -2.84. The molecule has 3 heterocycles. The van der Waals surface area contributed by atoms with E-state index in [1.54, 1.807) is 17.6 Å². The Kier molecular flexibility index (Phi) is 6.66. The minimum absolute atomic E-state index is 0.0877. The molecular formula is C22H22N4O2S2. The van der Waals surface area contributed by atoms with E-state index in [4.69, 9.17) is 4.42 Å². The summed E-state index contributed by atoms with van der Waals surface area (Å²) in [5.74, 6) is 1.71. The van der Waals surface area contributed by atoms with E-state index < -0.39 is 0 Å². The van der Waals surface area contributed by atoms with Crippen LogP contribution in [0.4, 0.5) is 0 Å². The fourth-order valence-corrected chi connectivity index (χ4v) is 4.64. The second-order valence-corrected chi connectivity index (χ2v) is 8.61. The molecule has 1 aromatic carbocycles. The summed E-state index contributed by atoms with van der Waals surface area (Å²) >= 11 is 3.08. The lowest BCUT2D eigenvalue weighted by Crippen LogP contribution is -2.31. The van der Waals surface area contributed by atoms with Crippen molar-refractivity contribution in [3.63, 3.8) is 0 Å². The van der Waals surface area contributed by atoms with E-state index in [1.165, 1.54) is 16.6 Å². The van der Waals surface area contributed by atoms with Crippen LogP contribution in [0.2, 0.25) is 0 Å². The predicted octanol–water partition coefficient (Wildman–Crippen LogP) is 4.79. The maximum Gasteiger partial charge on any atom is 0.233 e. The summed E-state index contributed by atoms with van der Waals surface area (Å²) in [5.41, 5.74) is 1.13. The van der Waals surface area contributed by atoms with Gasteiger partial charge in [0.05, 0.1) is 25.1 Å². The zero-order valence-electron chi connectivity index (χ0n) is 16.6. The van der Waals surface area contributed by atoms with Crippen LogP contribution in [0.5, 0.6) is 0 Å². The van der Waals surface area contributed by atoms with E-state index in [0.717, 1.165) is 5.56 Å². The quantitative estimate of drug-likeness (QED) is 0.352. The molecule has 6 nitrogen and oxygen atoms in total. The number of aromatic nitrogens is 3. The monoisotopic (exact) mass is 438 g/mol. The van der Waals surface area contributed by atoms with E-state index in [0.29, 0.717) is 42.1 Å². The molecule has 0 radical (unpaired) electrons. The summed E-state index contributed by atoms with van der Waals surface area (Å²) in [7, 11) is 0. The van der Waals surface area contributed by atoms with Gasteiger partial charge in [0.1, 0.15) is 0 Å². The Labute approximate surface area is 183 Å². The van der Waals surface area contributed by atoms with Gasteiger partial charge in [-0.15, -0.1) is 21.5 Å². The second kappa shape index (κ2) is 9.77. The highest BCUT2D eigenvalue weighted by atomic mass is 32.2. The van der Waals surface area contributed by atoms with Crippen LogP contribution in [-0.2, 0) is 17.9 Å². The van der Waals surface area contributed by atoms with E-state index in [-0.39, 0.29) is 5.91 Å². The molecule has 4 rings (SSSR count). The topological polar surface area (TPSA) is 64.2 Å². The number of amides is 1. The lowest BCUT2D eigenvalue weighted by molar-refractivity contribution is -0.128. The Balaban J connectivity index is 1.51. The van der Waals surface area contributed by atoms with Gasteiger partial charge in [0, 0.05) is 11.4 Å². The van der Waals surface area contributed by atoms with E-state index in [2.05, 4.69) is 28.4 Å². The first-order chi connectivity index (χ1) is 14.7. The molecule has 8 heteroatoms. The highest BCUT2D eigenvalue weighted by molar-refractivity contribution is 7.99. The van der Waals surface area contributed by atoms with Gasteiger partial charge in [-0.25, -0.2) is 0 Å². The Morgan fingerprint density at radius 3 is 2.70 bits per heavy atom. The number of thioether (sulfide) groups is 1. The van der Waals surface area contributed by atoms with Crippen LogP contribution in [0.1, 0.15) is 17.4 Å². The molecule has 3 aromatic heterocycles. The molecule has 0 unspecified atom stereocenters. The van der Waals surface area contributed by atoms with Gasteiger partial charge in [0.15, 0.2) is 10.9 Å². The fraction of sp³-hybridized carbons (Fsp3) is 0.227. The molecule has 1 amide bonds. The fourth-order valence-electron chi connectivity index (χ4n) is 3.08. The number of benzene rings is 1. The largest absolute Gasteiger partial charge is 0.461 e. The summed E-state index contributed by atoms with van der Waals surface area (Å²) in [6.45, 7) is 3.92. The van der Waals surface area contributed by atoms with Gasteiger partial charge in [-0.3, -0.25) is 9.36 Å².